The Hall–Kier alpha value is -1.90. The molecule has 2 atom stereocenters. The Balaban J connectivity index is 2.06. The van der Waals surface area contributed by atoms with E-state index in [1.54, 1.807) is 20.8 Å². The Kier molecular flexibility index (Phi) is 6.44. The minimum absolute atomic E-state index is 0.132. The van der Waals surface area contributed by atoms with Crippen LogP contribution in [0, 0.1) is 15.9 Å². The maximum atomic E-state index is 14.4. The van der Waals surface area contributed by atoms with Crippen LogP contribution in [0.2, 0.25) is 0 Å². The summed E-state index contributed by atoms with van der Waals surface area (Å²) in [6.07, 6.45) is 2.35. The smallest absolute Gasteiger partial charge is 0.407 e. The van der Waals surface area contributed by atoms with Crippen LogP contribution < -0.4 is 10.6 Å². The molecular formula is C17H23BrFN3O4. The number of carbonyl (C=O) groups is 1. The lowest BCUT2D eigenvalue weighted by Crippen LogP contribution is -2.44. The van der Waals surface area contributed by atoms with Gasteiger partial charge in [-0.25, -0.2) is 9.18 Å². The van der Waals surface area contributed by atoms with Gasteiger partial charge < -0.3 is 15.4 Å². The second-order valence-corrected chi connectivity index (χ2v) is 8.22. The van der Waals surface area contributed by atoms with E-state index in [0.29, 0.717) is 6.42 Å². The second kappa shape index (κ2) is 8.20. The first kappa shape index (κ1) is 20.4. The quantitative estimate of drug-likeness (QED) is 0.529. The van der Waals surface area contributed by atoms with E-state index in [9.17, 15) is 19.3 Å². The second-order valence-electron chi connectivity index (χ2n) is 7.36. The predicted molar refractivity (Wildman–Crippen MR) is 99.8 cm³/mol. The van der Waals surface area contributed by atoms with Gasteiger partial charge in [-0.1, -0.05) is 0 Å². The van der Waals surface area contributed by atoms with Gasteiger partial charge in [0, 0.05) is 18.2 Å². The highest BCUT2D eigenvalue weighted by molar-refractivity contribution is 9.10. The molecule has 26 heavy (non-hydrogen) atoms. The molecule has 0 heterocycles. The lowest BCUT2D eigenvalue weighted by atomic mass is 9.91. The minimum atomic E-state index is -0.693. The van der Waals surface area contributed by atoms with Crippen molar-refractivity contribution in [3.63, 3.8) is 0 Å². The molecule has 1 aliphatic rings. The lowest BCUT2D eigenvalue weighted by Gasteiger charge is -2.31. The molecule has 1 aliphatic carbocycles. The maximum Gasteiger partial charge on any atom is 0.407 e. The fourth-order valence-corrected chi connectivity index (χ4v) is 3.29. The number of ether oxygens (including phenoxy) is 1. The SMILES string of the molecule is CC(C)(C)OC(=O)NC1CCCC(Nc2c([N+](=O)[O-])ccc(Br)c2F)C1. The van der Waals surface area contributed by atoms with Crippen LogP contribution in [0.15, 0.2) is 16.6 Å². The molecular weight excluding hydrogens is 409 g/mol. The van der Waals surface area contributed by atoms with E-state index in [4.69, 9.17) is 4.74 Å². The van der Waals surface area contributed by atoms with E-state index in [-0.39, 0.29) is 27.9 Å². The van der Waals surface area contributed by atoms with Crippen molar-refractivity contribution in [3.05, 3.63) is 32.5 Å². The van der Waals surface area contributed by atoms with Crippen LogP contribution in [-0.2, 0) is 4.74 Å². The Bertz CT molecular complexity index is 693. The van der Waals surface area contributed by atoms with Gasteiger partial charge in [-0.15, -0.1) is 0 Å². The number of amides is 1. The normalized spacial score (nSPS) is 20.3. The number of halogens is 2. The fraction of sp³-hybridized carbons (Fsp3) is 0.588. The summed E-state index contributed by atoms with van der Waals surface area (Å²) in [5, 5.41) is 16.9. The third-order valence-corrected chi connectivity index (χ3v) is 4.63. The van der Waals surface area contributed by atoms with Gasteiger partial charge in [-0.05, 0) is 68.5 Å². The Morgan fingerprint density at radius 2 is 2.00 bits per heavy atom. The number of anilines is 1. The molecule has 0 bridgehead atoms. The van der Waals surface area contributed by atoms with Gasteiger partial charge in [0.25, 0.3) is 5.69 Å². The van der Waals surface area contributed by atoms with Crippen LogP contribution in [-0.4, -0.2) is 28.7 Å². The number of rotatable bonds is 4. The Morgan fingerprint density at radius 1 is 1.35 bits per heavy atom. The summed E-state index contributed by atoms with van der Waals surface area (Å²) in [4.78, 5) is 22.5. The van der Waals surface area contributed by atoms with Gasteiger partial charge in [-0.3, -0.25) is 10.1 Å². The van der Waals surface area contributed by atoms with Crippen molar-refractivity contribution >= 4 is 33.4 Å². The highest BCUT2D eigenvalue weighted by atomic mass is 79.9. The molecule has 0 saturated heterocycles. The van der Waals surface area contributed by atoms with E-state index in [0.717, 1.165) is 19.3 Å². The molecule has 2 rings (SSSR count). The summed E-state index contributed by atoms with van der Waals surface area (Å²) in [7, 11) is 0. The zero-order valence-corrected chi connectivity index (χ0v) is 16.6. The van der Waals surface area contributed by atoms with Crippen LogP contribution in [0.1, 0.15) is 46.5 Å². The first-order chi connectivity index (χ1) is 12.1. The van der Waals surface area contributed by atoms with Crippen LogP contribution in [0.4, 0.5) is 20.6 Å². The van der Waals surface area contributed by atoms with Crippen molar-refractivity contribution in [1.29, 1.82) is 0 Å². The first-order valence-corrected chi connectivity index (χ1v) is 9.24. The van der Waals surface area contributed by atoms with E-state index < -0.39 is 22.4 Å². The van der Waals surface area contributed by atoms with E-state index >= 15 is 0 Å². The third-order valence-electron chi connectivity index (χ3n) is 4.01. The number of alkyl carbamates (subject to hydrolysis) is 1. The molecule has 1 amide bonds. The third kappa shape index (κ3) is 5.55. The van der Waals surface area contributed by atoms with Gasteiger partial charge in [0.05, 0.1) is 9.40 Å². The minimum Gasteiger partial charge on any atom is -0.444 e. The number of nitrogens with one attached hydrogen (secondary N) is 2. The summed E-state index contributed by atoms with van der Waals surface area (Å²) >= 11 is 3.06. The van der Waals surface area contributed by atoms with Crippen molar-refractivity contribution in [2.45, 2.75) is 64.1 Å². The molecule has 7 nitrogen and oxygen atoms in total. The molecule has 0 aromatic heterocycles. The summed E-state index contributed by atoms with van der Waals surface area (Å²) in [6.45, 7) is 5.35. The van der Waals surface area contributed by atoms with Crippen molar-refractivity contribution in [3.8, 4) is 0 Å². The predicted octanol–water partition coefficient (Wildman–Crippen LogP) is 4.74. The first-order valence-electron chi connectivity index (χ1n) is 8.45. The van der Waals surface area contributed by atoms with Crippen LogP contribution in [0.5, 0.6) is 0 Å². The molecule has 2 unspecified atom stereocenters. The topological polar surface area (TPSA) is 93.5 Å². The van der Waals surface area contributed by atoms with Gasteiger partial charge in [0.2, 0.25) is 0 Å². The number of nitro benzene ring substituents is 1. The number of carbonyl (C=O) groups excluding carboxylic acids is 1. The average Bonchev–Trinajstić information content (AvgIpc) is 2.50. The number of nitro groups is 1. The summed E-state index contributed by atoms with van der Waals surface area (Å²) in [5.41, 5.74) is -1.03. The van der Waals surface area contributed by atoms with Crippen molar-refractivity contribution < 1.29 is 18.8 Å². The zero-order valence-electron chi connectivity index (χ0n) is 15.0. The fourth-order valence-electron chi connectivity index (χ4n) is 2.96. The summed E-state index contributed by atoms with van der Waals surface area (Å²) in [5.74, 6) is -0.693. The zero-order chi connectivity index (χ0) is 19.5. The standard InChI is InChI=1S/C17H23BrFN3O4/c1-17(2,3)26-16(23)21-11-6-4-5-10(9-11)20-15-13(22(24)25)8-7-12(18)14(15)19/h7-8,10-11,20H,4-6,9H2,1-3H3,(H,21,23). The van der Waals surface area contributed by atoms with E-state index in [2.05, 4.69) is 26.6 Å². The lowest BCUT2D eigenvalue weighted by molar-refractivity contribution is -0.384. The van der Waals surface area contributed by atoms with Crippen LogP contribution in [0.3, 0.4) is 0 Å². The molecule has 1 fully saturated rings. The molecule has 0 aliphatic heterocycles. The average molecular weight is 432 g/mol. The van der Waals surface area contributed by atoms with Gasteiger partial charge >= 0.3 is 6.09 Å². The number of hydrogen-bond donors (Lipinski definition) is 2. The summed E-state index contributed by atoms with van der Waals surface area (Å²) in [6, 6.07) is 2.25. The molecule has 9 heteroatoms. The monoisotopic (exact) mass is 431 g/mol. The largest absolute Gasteiger partial charge is 0.444 e. The van der Waals surface area contributed by atoms with Gasteiger partial charge in [0.15, 0.2) is 11.5 Å². The van der Waals surface area contributed by atoms with Gasteiger partial charge in [0.1, 0.15) is 5.60 Å². The van der Waals surface area contributed by atoms with Crippen LogP contribution >= 0.6 is 15.9 Å². The maximum absolute atomic E-state index is 14.4. The highest BCUT2D eigenvalue weighted by Crippen LogP contribution is 2.34. The Labute approximate surface area is 160 Å². The van der Waals surface area contributed by atoms with Crippen molar-refractivity contribution in [2.75, 3.05) is 5.32 Å². The number of nitrogens with zero attached hydrogens (tertiary/aromatic N) is 1. The van der Waals surface area contributed by atoms with E-state index in [1.165, 1.54) is 12.1 Å². The highest BCUT2D eigenvalue weighted by Gasteiger charge is 2.28. The molecule has 2 N–H and O–H groups in total. The Morgan fingerprint density at radius 3 is 2.62 bits per heavy atom. The molecule has 1 saturated carbocycles. The molecule has 1 aromatic carbocycles. The van der Waals surface area contributed by atoms with Crippen molar-refractivity contribution in [1.82, 2.24) is 5.32 Å². The molecule has 0 radical (unpaired) electrons. The van der Waals surface area contributed by atoms with E-state index in [1.807, 2.05) is 0 Å². The molecule has 144 valence electrons. The van der Waals surface area contributed by atoms with Gasteiger partial charge in [-0.2, -0.15) is 0 Å². The van der Waals surface area contributed by atoms with Crippen LogP contribution in [0.25, 0.3) is 0 Å². The number of hydrogen-bond acceptors (Lipinski definition) is 5. The molecule has 0 spiro atoms. The van der Waals surface area contributed by atoms with Crippen molar-refractivity contribution in [2.24, 2.45) is 0 Å². The molecule has 1 aromatic rings. The number of benzene rings is 1. The summed E-state index contributed by atoms with van der Waals surface area (Å²) < 4.78 is 19.8.